The Morgan fingerprint density at radius 2 is 2.19 bits per heavy atom. The SMILES string of the molecule is C=NC1CCC=C(CCN)c2ccccc21. The van der Waals surface area contributed by atoms with Gasteiger partial charge in [-0.05, 0) is 49.2 Å². The van der Waals surface area contributed by atoms with Gasteiger partial charge < -0.3 is 5.73 Å². The van der Waals surface area contributed by atoms with Crippen LogP contribution < -0.4 is 5.73 Å². The molecule has 0 radical (unpaired) electrons. The van der Waals surface area contributed by atoms with Crippen LogP contribution in [0.1, 0.15) is 36.4 Å². The molecule has 1 unspecified atom stereocenters. The van der Waals surface area contributed by atoms with Crippen molar-refractivity contribution in [3.63, 3.8) is 0 Å². The fourth-order valence-corrected chi connectivity index (χ4v) is 2.34. The van der Waals surface area contributed by atoms with Crippen molar-refractivity contribution >= 4 is 12.3 Å². The van der Waals surface area contributed by atoms with Crippen molar-refractivity contribution in [2.24, 2.45) is 10.7 Å². The van der Waals surface area contributed by atoms with E-state index in [-0.39, 0.29) is 6.04 Å². The summed E-state index contributed by atoms with van der Waals surface area (Å²) in [6, 6.07) is 8.71. The van der Waals surface area contributed by atoms with Gasteiger partial charge in [-0.15, -0.1) is 0 Å². The van der Waals surface area contributed by atoms with Crippen LogP contribution in [0, 0.1) is 0 Å². The Bertz CT molecular complexity index is 407. The molecule has 0 saturated heterocycles. The molecule has 84 valence electrons. The summed E-state index contributed by atoms with van der Waals surface area (Å²) in [6.45, 7) is 4.40. The van der Waals surface area contributed by atoms with Crippen LogP contribution in [0.5, 0.6) is 0 Å². The number of nitrogens with zero attached hydrogens (tertiary/aromatic N) is 1. The summed E-state index contributed by atoms with van der Waals surface area (Å²) < 4.78 is 0. The van der Waals surface area contributed by atoms with Crippen molar-refractivity contribution < 1.29 is 0 Å². The minimum absolute atomic E-state index is 0.239. The van der Waals surface area contributed by atoms with E-state index in [0.717, 1.165) is 19.3 Å². The molecule has 2 heteroatoms. The average molecular weight is 214 g/mol. The topological polar surface area (TPSA) is 38.4 Å². The lowest BCUT2D eigenvalue weighted by Gasteiger charge is -2.14. The third-order valence-electron chi connectivity index (χ3n) is 3.13. The molecule has 0 saturated carbocycles. The summed E-state index contributed by atoms with van der Waals surface area (Å²) in [5, 5.41) is 0. The maximum Gasteiger partial charge on any atom is 0.0750 e. The van der Waals surface area contributed by atoms with Crippen LogP contribution in [0.15, 0.2) is 35.3 Å². The van der Waals surface area contributed by atoms with Crippen LogP contribution in [0.3, 0.4) is 0 Å². The molecule has 0 heterocycles. The number of hydrogen-bond donors (Lipinski definition) is 1. The number of nitrogens with two attached hydrogens (primary N) is 1. The molecule has 0 aromatic heterocycles. The summed E-state index contributed by atoms with van der Waals surface area (Å²) in [5.41, 5.74) is 9.63. The van der Waals surface area contributed by atoms with Gasteiger partial charge in [0.05, 0.1) is 6.04 Å². The molecule has 0 amide bonds. The Kier molecular flexibility index (Phi) is 3.52. The van der Waals surface area contributed by atoms with Crippen molar-refractivity contribution in [3.05, 3.63) is 41.5 Å². The Balaban J connectivity index is 2.45. The minimum Gasteiger partial charge on any atom is -0.330 e. The second-order valence-corrected chi connectivity index (χ2v) is 4.13. The van der Waals surface area contributed by atoms with E-state index in [9.17, 15) is 0 Å². The van der Waals surface area contributed by atoms with Gasteiger partial charge in [-0.25, -0.2) is 0 Å². The first-order valence-corrected chi connectivity index (χ1v) is 5.81. The highest BCUT2D eigenvalue weighted by atomic mass is 14.7. The molecule has 0 fully saturated rings. The molecule has 1 aliphatic carbocycles. The van der Waals surface area contributed by atoms with E-state index in [2.05, 4.69) is 42.1 Å². The molecule has 0 bridgehead atoms. The normalized spacial score (nSPS) is 19.6. The van der Waals surface area contributed by atoms with E-state index < -0.39 is 0 Å². The van der Waals surface area contributed by atoms with E-state index in [1.807, 2.05) is 0 Å². The van der Waals surface area contributed by atoms with Crippen LogP contribution in [0.25, 0.3) is 5.57 Å². The number of hydrogen-bond acceptors (Lipinski definition) is 2. The van der Waals surface area contributed by atoms with E-state index in [1.165, 1.54) is 16.7 Å². The lowest BCUT2D eigenvalue weighted by molar-refractivity contribution is 0.672. The second-order valence-electron chi connectivity index (χ2n) is 4.13. The van der Waals surface area contributed by atoms with Gasteiger partial charge in [0.25, 0.3) is 0 Å². The Morgan fingerprint density at radius 3 is 2.94 bits per heavy atom. The molecule has 0 spiro atoms. The van der Waals surface area contributed by atoms with E-state index in [1.54, 1.807) is 0 Å². The molecule has 2 nitrogen and oxygen atoms in total. The number of fused-ring (bicyclic) bond motifs is 1. The summed E-state index contributed by atoms with van der Waals surface area (Å²) in [4.78, 5) is 4.23. The van der Waals surface area contributed by atoms with Gasteiger partial charge in [0, 0.05) is 0 Å². The summed E-state index contributed by atoms with van der Waals surface area (Å²) >= 11 is 0. The first-order valence-electron chi connectivity index (χ1n) is 5.81. The number of allylic oxidation sites excluding steroid dienone is 1. The van der Waals surface area contributed by atoms with Crippen molar-refractivity contribution in [2.45, 2.75) is 25.3 Å². The van der Waals surface area contributed by atoms with Gasteiger partial charge in [0.1, 0.15) is 0 Å². The zero-order chi connectivity index (χ0) is 11.4. The maximum atomic E-state index is 5.66. The van der Waals surface area contributed by atoms with Gasteiger partial charge in [-0.3, -0.25) is 4.99 Å². The molecule has 16 heavy (non-hydrogen) atoms. The molecule has 2 N–H and O–H groups in total. The van der Waals surface area contributed by atoms with Gasteiger partial charge in [-0.1, -0.05) is 30.3 Å². The van der Waals surface area contributed by atoms with Crippen molar-refractivity contribution in [3.8, 4) is 0 Å². The fraction of sp³-hybridized carbons (Fsp3) is 0.357. The lowest BCUT2D eigenvalue weighted by atomic mass is 9.95. The zero-order valence-corrected chi connectivity index (χ0v) is 9.52. The first-order chi connectivity index (χ1) is 7.86. The predicted molar refractivity (Wildman–Crippen MR) is 69.6 cm³/mol. The minimum atomic E-state index is 0.239. The predicted octanol–water partition coefficient (Wildman–Crippen LogP) is 2.95. The summed E-state index contributed by atoms with van der Waals surface area (Å²) in [7, 11) is 0. The highest BCUT2D eigenvalue weighted by molar-refractivity contribution is 5.69. The molecular weight excluding hydrogens is 196 g/mol. The van der Waals surface area contributed by atoms with Crippen molar-refractivity contribution in [1.29, 1.82) is 0 Å². The third-order valence-corrected chi connectivity index (χ3v) is 3.13. The highest BCUT2D eigenvalue weighted by Gasteiger charge is 2.17. The second kappa shape index (κ2) is 5.08. The quantitative estimate of drug-likeness (QED) is 0.772. The van der Waals surface area contributed by atoms with E-state index >= 15 is 0 Å². The van der Waals surface area contributed by atoms with Gasteiger partial charge in [0.15, 0.2) is 0 Å². The number of benzene rings is 1. The van der Waals surface area contributed by atoms with Gasteiger partial charge in [-0.2, -0.15) is 0 Å². The monoisotopic (exact) mass is 214 g/mol. The molecule has 1 atom stereocenters. The van der Waals surface area contributed by atoms with Crippen LogP contribution >= 0.6 is 0 Å². The van der Waals surface area contributed by atoms with E-state index in [4.69, 9.17) is 5.73 Å². The summed E-state index contributed by atoms with van der Waals surface area (Å²) in [6.07, 6.45) is 5.36. The van der Waals surface area contributed by atoms with Crippen LogP contribution in [0.2, 0.25) is 0 Å². The Labute approximate surface area is 96.9 Å². The van der Waals surface area contributed by atoms with Crippen LogP contribution in [0.4, 0.5) is 0 Å². The first kappa shape index (κ1) is 11.1. The smallest absolute Gasteiger partial charge is 0.0750 e. The molecule has 1 aromatic rings. The lowest BCUT2D eigenvalue weighted by Crippen LogP contribution is -2.02. The summed E-state index contributed by atoms with van der Waals surface area (Å²) in [5.74, 6) is 0. The van der Waals surface area contributed by atoms with Crippen molar-refractivity contribution in [1.82, 2.24) is 0 Å². The number of rotatable bonds is 3. The molecular formula is C14H18N2. The molecule has 1 aliphatic rings. The van der Waals surface area contributed by atoms with Gasteiger partial charge in [0.2, 0.25) is 0 Å². The largest absolute Gasteiger partial charge is 0.330 e. The standard InChI is InChI=1S/C14H18N2/c1-16-14-8-4-5-11(9-10-15)12-6-2-3-7-13(12)14/h2-3,5-7,14H,1,4,8-10,15H2. The maximum absolute atomic E-state index is 5.66. The zero-order valence-electron chi connectivity index (χ0n) is 9.52. The molecule has 0 aliphatic heterocycles. The molecule has 1 aromatic carbocycles. The van der Waals surface area contributed by atoms with Crippen LogP contribution in [-0.2, 0) is 0 Å². The average Bonchev–Trinajstić information content (AvgIpc) is 2.50. The van der Waals surface area contributed by atoms with Gasteiger partial charge >= 0.3 is 0 Å². The Hall–Kier alpha value is -1.41. The third kappa shape index (κ3) is 2.07. The molecule has 2 rings (SSSR count). The fourth-order valence-electron chi connectivity index (χ4n) is 2.34. The van der Waals surface area contributed by atoms with Crippen LogP contribution in [-0.4, -0.2) is 13.3 Å². The Morgan fingerprint density at radius 1 is 1.38 bits per heavy atom. The highest BCUT2D eigenvalue weighted by Crippen LogP contribution is 2.34. The van der Waals surface area contributed by atoms with E-state index in [0.29, 0.717) is 6.54 Å². The van der Waals surface area contributed by atoms with Crippen molar-refractivity contribution in [2.75, 3.05) is 6.54 Å². The number of aliphatic imine (C=N–C) groups is 1.